The lowest BCUT2D eigenvalue weighted by Crippen LogP contribution is -2.46. The molecule has 6 nitrogen and oxygen atoms in total. The normalized spacial score (nSPS) is 24.8. The van der Waals surface area contributed by atoms with Crippen molar-refractivity contribution >= 4 is 6.03 Å². The molecule has 1 saturated carbocycles. The highest BCUT2D eigenvalue weighted by Crippen LogP contribution is 2.23. The Bertz CT molecular complexity index is 430. The standard InChI is InChI=1S/C13H23N5O/c1-9-6-4-5-7-11(9)16-13(19)15-10(2)12-17-14-8-18(12)3/h8-11H,4-7H2,1-3H3,(H2,15,16,19). The largest absolute Gasteiger partial charge is 0.335 e. The smallest absolute Gasteiger partial charge is 0.315 e. The van der Waals surface area contributed by atoms with Gasteiger partial charge in [0.15, 0.2) is 5.82 Å². The molecular formula is C13H23N5O. The minimum Gasteiger partial charge on any atom is -0.335 e. The van der Waals surface area contributed by atoms with E-state index in [9.17, 15) is 4.79 Å². The van der Waals surface area contributed by atoms with Crippen LogP contribution < -0.4 is 10.6 Å². The Balaban J connectivity index is 1.85. The van der Waals surface area contributed by atoms with Gasteiger partial charge in [-0.15, -0.1) is 10.2 Å². The van der Waals surface area contributed by atoms with E-state index in [2.05, 4.69) is 27.8 Å². The van der Waals surface area contributed by atoms with Crippen LogP contribution in [0.4, 0.5) is 4.79 Å². The van der Waals surface area contributed by atoms with E-state index in [-0.39, 0.29) is 12.1 Å². The van der Waals surface area contributed by atoms with Crippen LogP contribution in [-0.2, 0) is 7.05 Å². The summed E-state index contributed by atoms with van der Waals surface area (Å²) in [6.07, 6.45) is 6.38. The van der Waals surface area contributed by atoms with Gasteiger partial charge in [0.2, 0.25) is 0 Å². The van der Waals surface area contributed by atoms with E-state index in [1.54, 1.807) is 6.33 Å². The van der Waals surface area contributed by atoms with Gasteiger partial charge in [-0.1, -0.05) is 19.8 Å². The van der Waals surface area contributed by atoms with Gasteiger partial charge in [-0.05, 0) is 25.7 Å². The zero-order chi connectivity index (χ0) is 13.8. The molecule has 2 N–H and O–H groups in total. The number of nitrogens with one attached hydrogen (secondary N) is 2. The van der Waals surface area contributed by atoms with Crippen LogP contribution in [0.1, 0.15) is 51.4 Å². The van der Waals surface area contributed by atoms with Gasteiger partial charge in [0, 0.05) is 13.1 Å². The highest BCUT2D eigenvalue weighted by atomic mass is 16.2. The Morgan fingerprint density at radius 2 is 2.21 bits per heavy atom. The van der Waals surface area contributed by atoms with Crippen LogP contribution in [0.2, 0.25) is 0 Å². The van der Waals surface area contributed by atoms with Gasteiger partial charge in [0.05, 0.1) is 6.04 Å². The maximum absolute atomic E-state index is 12.0. The molecule has 2 amide bonds. The molecule has 0 saturated heterocycles. The zero-order valence-corrected chi connectivity index (χ0v) is 11.9. The van der Waals surface area contributed by atoms with E-state index in [0.717, 1.165) is 12.2 Å². The van der Waals surface area contributed by atoms with E-state index in [4.69, 9.17) is 0 Å². The van der Waals surface area contributed by atoms with Crippen LogP contribution in [0, 0.1) is 5.92 Å². The molecule has 3 atom stereocenters. The molecule has 1 aromatic rings. The highest BCUT2D eigenvalue weighted by Gasteiger charge is 2.23. The maximum atomic E-state index is 12.0. The zero-order valence-electron chi connectivity index (χ0n) is 11.9. The molecule has 19 heavy (non-hydrogen) atoms. The number of nitrogens with zero attached hydrogens (tertiary/aromatic N) is 3. The summed E-state index contributed by atoms with van der Waals surface area (Å²) in [6, 6.07) is 0.0288. The molecule has 0 aliphatic heterocycles. The predicted molar refractivity (Wildman–Crippen MR) is 72.5 cm³/mol. The number of hydrogen-bond acceptors (Lipinski definition) is 3. The van der Waals surface area contributed by atoms with Crippen molar-refractivity contribution in [1.82, 2.24) is 25.4 Å². The minimum absolute atomic E-state index is 0.116. The molecule has 106 valence electrons. The Morgan fingerprint density at radius 3 is 2.84 bits per heavy atom. The number of rotatable bonds is 3. The molecule has 0 bridgehead atoms. The summed E-state index contributed by atoms with van der Waals surface area (Å²) < 4.78 is 1.81. The number of aromatic nitrogens is 3. The van der Waals surface area contributed by atoms with E-state index < -0.39 is 0 Å². The van der Waals surface area contributed by atoms with Crippen molar-refractivity contribution in [3.05, 3.63) is 12.2 Å². The first-order chi connectivity index (χ1) is 9.08. The average molecular weight is 265 g/mol. The van der Waals surface area contributed by atoms with Crippen LogP contribution in [0.15, 0.2) is 6.33 Å². The van der Waals surface area contributed by atoms with Crippen LogP contribution in [0.25, 0.3) is 0 Å². The summed E-state index contributed by atoms with van der Waals surface area (Å²) in [6.45, 7) is 4.12. The second kappa shape index (κ2) is 6.04. The number of carbonyl (C=O) groups excluding carboxylic acids is 1. The van der Waals surface area contributed by atoms with Crippen molar-refractivity contribution in [2.75, 3.05) is 0 Å². The van der Waals surface area contributed by atoms with E-state index in [1.165, 1.54) is 19.3 Å². The van der Waals surface area contributed by atoms with Crippen LogP contribution >= 0.6 is 0 Å². The molecule has 0 radical (unpaired) electrons. The topological polar surface area (TPSA) is 71.8 Å². The number of aryl methyl sites for hydroxylation is 1. The van der Waals surface area contributed by atoms with Crippen LogP contribution in [-0.4, -0.2) is 26.8 Å². The molecule has 1 heterocycles. The Hall–Kier alpha value is -1.59. The van der Waals surface area contributed by atoms with Crippen LogP contribution in [0.3, 0.4) is 0 Å². The SMILES string of the molecule is CC(NC(=O)NC1CCCCC1C)c1nncn1C. The van der Waals surface area contributed by atoms with Crippen molar-refractivity contribution in [1.29, 1.82) is 0 Å². The molecular weight excluding hydrogens is 242 g/mol. The fourth-order valence-corrected chi connectivity index (χ4v) is 2.69. The van der Waals surface area contributed by atoms with Crippen molar-refractivity contribution in [3.63, 3.8) is 0 Å². The fraction of sp³-hybridized carbons (Fsp3) is 0.769. The van der Waals surface area contributed by atoms with Crippen LogP contribution in [0.5, 0.6) is 0 Å². The molecule has 1 aliphatic carbocycles. The van der Waals surface area contributed by atoms with E-state index >= 15 is 0 Å². The Labute approximate surface area is 114 Å². The van der Waals surface area contributed by atoms with Crippen molar-refractivity contribution in [2.45, 2.75) is 51.6 Å². The minimum atomic E-state index is -0.147. The van der Waals surface area contributed by atoms with E-state index in [1.807, 2.05) is 18.5 Å². The Morgan fingerprint density at radius 1 is 1.47 bits per heavy atom. The predicted octanol–water partition coefficient (Wildman–Crippen LogP) is 1.75. The van der Waals surface area contributed by atoms with Gasteiger partial charge in [0.25, 0.3) is 0 Å². The van der Waals surface area contributed by atoms with Gasteiger partial charge >= 0.3 is 6.03 Å². The molecule has 1 fully saturated rings. The number of urea groups is 1. The molecule has 1 aromatic heterocycles. The summed E-state index contributed by atoms with van der Waals surface area (Å²) in [5, 5.41) is 13.8. The fourth-order valence-electron chi connectivity index (χ4n) is 2.69. The number of amides is 2. The first kappa shape index (κ1) is 13.8. The summed E-state index contributed by atoms with van der Waals surface area (Å²) in [7, 11) is 1.87. The quantitative estimate of drug-likeness (QED) is 0.874. The second-order valence-corrected chi connectivity index (χ2v) is 5.51. The molecule has 2 rings (SSSR count). The first-order valence-corrected chi connectivity index (χ1v) is 6.99. The summed E-state index contributed by atoms with van der Waals surface area (Å²) in [5.74, 6) is 1.32. The second-order valence-electron chi connectivity index (χ2n) is 5.51. The van der Waals surface area contributed by atoms with Gasteiger partial charge in [-0.25, -0.2) is 4.79 Å². The molecule has 0 aromatic carbocycles. The third-order valence-electron chi connectivity index (χ3n) is 3.91. The lowest BCUT2D eigenvalue weighted by molar-refractivity contribution is 0.218. The lowest BCUT2D eigenvalue weighted by Gasteiger charge is -2.29. The van der Waals surface area contributed by atoms with Gasteiger partial charge in [-0.2, -0.15) is 0 Å². The average Bonchev–Trinajstić information content (AvgIpc) is 2.78. The van der Waals surface area contributed by atoms with Crippen molar-refractivity contribution in [2.24, 2.45) is 13.0 Å². The molecule has 1 aliphatic rings. The molecule has 0 spiro atoms. The molecule has 6 heteroatoms. The third-order valence-corrected chi connectivity index (χ3v) is 3.91. The monoisotopic (exact) mass is 265 g/mol. The highest BCUT2D eigenvalue weighted by molar-refractivity contribution is 5.74. The summed E-state index contributed by atoms with van der Waals surface area (Å²) >= 11 is 0. The Kier molecular flexibility index (Phi) is 4.39. The van der Waals surface area contributed by atoms with E-state index in [0.29, 0.717) is 12.0 Å². The van der Waals surface area contributed by atoms with Gasteiger partial charge in [-0.3, -0.25) is 0 Å². The number of carbonyl (C=O) groups is 1. The molecule has 3 unspecified atom stereocenters. The summed E-state index contributed by atoms with van der Waals surface area (Å²) in [5.41, 5.74) is 0. The van der Waals surface area contributed by atoms with Gasteiger partial charge in [0.1, 0.15) is 6.33 Å². The maximum Gasteiger partial charge on any atom is 0.315 e. The third kappa shape index (κ3) is 3.45. The lowest BCUT2D eigenvalue weighted by atomic mass is 9.86. The summed E-state index contributed by atoms with van der Waals surface area (Å²) in [4.78, 5) is 12.0. The van der Waals surface area contributed by atoms with Crippen molar-refractivity contribution < 1.29 is 4.79 Å². The van der Waals surface area contributed by atoms with Crippen molar-refractivity contribution in [3.8, 4) is 0 Å². The number of hydrogen-bond donors (Lipinski definition) is 2. The first-order valence-electron chi connectivity index (χ1n) is 6.99. The van der Waals surface area contributed by atoms with Gasteiger partial charge < -0.3 is 15.2 Å².